The van der Waals surface area contributed by atoms with Crippen molar-refractivity contribution in [2.24, 2.45) is 5.92 Å². The molecule has 36 heavy (non-hydrogen) atoms. The summed E-state index contributed by atoms with van der Waals surface area (Å²) >= 11 is 6.01. The van der Waals surface area contributed by atoms with Gasteiger partial charge in [0.05, 0.1) is 28.9 Å². The monoisotopic (exact) mass is 553 g/mol. The van der Waals surface area contributed by atoms with Crippen molar-refractivity contribution in [2.45, 2.75) is 30.8 Å². The SMILES string of the molecule is COc1ccc(S(=O)(=O)Nc2cnc(N3CCC(C)CC3)c(C(=O)O)c2)cc1Cl.O=C(O)C(F)(F)F. The highest BCUT2D eigenvalue weighted by atomic mass is 35.5. The number of anilines is 2. The van der Waals surface area contributed by atoms with Crippen molar-refractivity contribution in [2.75, 3.05) is 29.8 Å². The quantitative estimate of drug-likeness (QED) is 0.481. The van der Waals surface area contributed by atoms with E-state index < -0.39 is 28.1 Å². The predicted molar refractivity (Wildman–Crippen MR) is 124 cm³/mol. The molecule has 10 nitrogen and oxygen atoms in total. The third kappa shape index (κ3) is 7.62. The zero-order chi connectivity index (χ0) is 27.3. The van der Waals surface area contributed by atoms with Gasteiger partial charge in [-0.2, -0.15) is 13.2 Å². The van der Waals surface area contributed by atoms with Gasteiger partial charge in [-0.15, -0.1) is 0 Å². The molecule has 0 aliphatic carbocycles. The number of aromatic carboxylic acids is 1. The summed E-state index contributed by atoms with van der Waals surface area (Å²) in [4.78, 5) is 26.7. The molecule has 1 aliphatic heterocycles. The average molecular weight is 554 g/mol. The second-order valence-electron chi connectivity index (χ2n) is 7.77. The molecule has 3 N–H and O–H groups in total. The number of carboxylic acid groups (broad SMARTS) is 2. The third-order valence-corrected chi connectivity index (χ3v) is 6.78. The Labute approximate surface area is 209 Å². The first-order valence-corrected chi connectivity index (χ1v) is 12.2. The van der Waals surface area contributed by atoms with Crippen LogP contribution in [0.2, 0.25) is 5.02 Å². The molecule has 1 aromatic heterocycles. The highest BCUT2D eigenvalue weighted by molar-refractivity contribution is 7.92. The maximum Gasteiger partial charge on any atom is 0.490 e. The van der Waals surface area contributed by atoms with Crippen LogP contribution in [0.1, 0.15) is 30.1 Å². The van der Waals surface area contributed by atoms with Crippen LogP contribution in [-0.2, 0) is 14.8 Å². The first-order valence-electron chi connectivity index (χ1n) is 10.3. The van der Waals surface area contributed by atoms with Crippen LogP contribution in [0.5, 0.6) is 5.75 Å². The summed E-state index contributed by atoms with van der Waals surface area (Å²) in [5.41, 5.74) is 0.0102. The molecule has 15 heteroatoms. The number of methoxy groups -OCH3 is 1. The normalized spacial score (nSPS) is 14.4. The molecule has 3 rings (SSSR count). The fourth-order valence-electron chi connectivity index (χ4n) is 3.17. The van der Waals surface area contributed by atoms with E-state index >= 15 is 0 Å². The molecule has 2 heterocycles. The predicted octanol–water partition coefficient (Wildman–Crippen LogP) is 4.11. The lowest BCUT2D eigenvalue weighted by Gasteiger charge is -2.32. The first kappa shape index (κ1) is 29.0. The summed E-state index contributed by atoms with van der Waals surface area (Å²) in [5.74, 6) is -2.64. The number of sulfonamides is 1. The number of aliphatic carboxylic acids is 1. The minimum absolute atomic E-state index is 0.0486. The Hall–Kier alpha value is -3.26. The van der Waals surface area contributed by atoms with Crippen LogP contribution in [0, 0.1) is 5.92 Å². The van der Waals surface area contributed by atoms with Gasteiger partial charge in [0.15, 0.2) is 0 Å². The standard InChI is InChI=1S/C19H22ClN3O5S.C2HF3O2/c1-12-5-7-23(8-6-12)18-15(19(24)25)9-13(11-21-18)22-29(26,27)14-3-4-17(28-2)16(20)10-14;3-2(4,5)1(6)7/h3-4,9-12,22H,5-8H2,1-2H3,(H,24,25);(H,6,7). The number of hydrogen-bond acceptors (Lipinski definition) is 7. The molecular weight excluding hydrogens is 531 g/mol. The average Bonchev–Trinajstić information content (AvgIpc) is 2.79. The Kier molecular flexibility index (Phi) is 9.38. The fraction of sp³-hybridized carbons (Fsp3) is 0.381. The number of benzene rings is 1. The molecule has 0 atom stereocenters. The number of carboxylic acids is 2. The van der Waals surface area contributed by atoms with Crippen molar-refractivity contribution in [1.29, 1.82) is 0 Å². The number of carbonyl (C=O) groups is 2. The molecular formula is C21H23ClF3N3O7S. The van der Waals surface area contributed by atoms with Gasteiger partial charge in [0.25, 0.3) is 10.0 Å². The first-order chi connectivity index (χ1) is 16.7. The number of nitrogens with one attached hydrogen (secondary N) is 1. The van der Waals surface area contributed by atoms with Crippen LogP contribution in [0.3, 0.4) is 0 Å². The van der Waals surface area contributed by atoms with Crippen LogP contribution in [0.25, 0.3) is 0 Å². The number of piperidine rings is 1. The molecule has 1 fully saturated rings. The van der Waals surface area contributed by atoms with Crippen molar-refractivity contribution in [3.8, 4) is 5.75 Å². The molecule has 198 valence electrons. The minimum Gasteiger partial charge on any atom is -0.495 e. The molecule has 2 aromatic rings. The molecule has 0 bridgehead atoms. The van der Waals surface area contributed by atoms with E-state index in [1.54, 1.807) is 0 Å². The molecule has 1 saturated heterocycles. The van der Waals surface area contributed by atoms with Gasteiger partial charge in [0.2, 0.25) is 0 Å². The van der Waals surface area contributed by atoms with E-state index in [-0.39, 0.29) is 21.2 Å². The number of alkyl halides is 3. The summed E-state index contributed by atoms with van der Waals surface area (Å²) in [5, 5.41) is 16.9. The van der Waals surface area contributed by atoms with E-state index in [0.29, 0.717) is 30.6 Å². The maximum absolute atomic E-state index is 12.7. The lowest BCUT2D eigenvalue weighted by Crippen LogP contribution is -2.34. The van der Waals surface area contributed by atoms with Gasteiger partial charge in [-0.1, -0.05) is 18.5 Å². The molecule has 0 spiro atoms. The van der Waals surface area contributed by atoms with Crippen molar-refractivity contribution >= 4 is 45.1 Å². The lowest BCUT2D eigenvalue weighted by atomic mass is 9.99. The van der Waals surface area contributed by atoms with E-state index in [9.17, 15) is 31.5 Å². The second kappa shape index (κ2) is 11.6. The van der Waals surface area contributed by atoms with Crippen LogP contribution in [0.15, 0.2) is 35.4 Å². The van der Waals surface area contributed by atoms with E-state index in [1.807, 2.05) is 4.90 Å². The fourth-order valence-corrected chi connectivity index (χ4v) is 4.55. The van der Waals surface area contributed by atoms with E-state index in [1.165, 1.54) is 37.6 Å². The molecule has 0 amide bonds. The maximum atomic E-state index is 12.7. The van der Waals surface area contributed by atoms with Crippen molar-refractivity contribution in [3.05, 3.63) is 41.0 Å². The van der Waals surface area contributed by atoms with Crippen LogP contribution < -0.4 is 14.4 Å². The number of aromatic nitrogens is 1. The highest BCUT2D eigenvalue weighted by Crippen LogP contribution is 2.30. The Morgan fingerprint density at radius 2 is 1.78 bits per heavy atom. The molecule has 0 radical (unpaired) electrons. The van der Waals surface area contributed by atoms with Crippen LogP contribution in [-0.4, -0.2) is 61.9 Å². The van der Waals surface area contributed by atoms with Gasteiger partial charge in [-0.05, 0) is 43.0 Å². The second-order valence-corrected chi connectivity index (χ2v) is 9.86. The van der Waals surface area contributed by atoms with Gasteiger partial charge in [0, 0.05) is 13.1 Å². The number of hydrogen-bond donors (Lipinski definition) is 3. The number of pyridine rings is 1. The minimum atomic E-state index is -5.08. The molecule has 0 unspecified atom stereocenters. The topological polar surface area (TPSA) is 146 Å². The number of rotatable bonds is 6. The summed E-state index contributed by atoms with van der Waals surface area (Å²) in [6.45, 7) is 3.58. The smallest absolute Gasteiger partial charge is 0.490 e. The summed E-state index contributed by atoms with van der Waals surface area (Å²) in [6, 6.07) is 5.34. The Balaban J connectivity index is 0.000000572. The van der Waals surface area contributed by atoms with E-state index in [2.05, 4.69) is 16.6 Å². The molecule has 1 aliphatic rings. The summed E-state index contributed by atoms with van der Waals surface area (Å²) in [6.07, 6.45) is -1.86. The number of ether oxygens (including phenoxy) is 1. The largest absolute Gasteiger partial charge is 0.495 e. The van der Waals surface area contributed by atoms with Crippen LogP contribution >= 0.6 is 11.6 Å². The third-order valence-electron chi connectivity index (χ3n) is 5.11. The van der Waals surface area contributed by atoms with Gasteiger partial charge in [-0.3, -0.25) is 4.72 Å². The van der Waals surface area contributed by atoms with E-state index in [0.717, 1.165) is 12.8 Å². The molecule has 1 aromatic carbocycles. The van der Waals surface area contributed by atoms with Gasteiger partial charge in [0.1, 0.15) is 17.1 Å². The summed E-state index contributed by atoms with van der Waals surface area (Å²) < 4.78 is 64.4. The highest BCUT2D eigenvalue weighted by Gasteiger charge is 2.38. The Morgan fingerprint density at radius 1 is 1.19 bits per heavy atom. The van der Waals surface area contributed by atoms with Gasteiger partial charge in [-0.25, -0.2) is 23.0 Å². The van der Waals surface area contributed by atoms with Gasteiger partial charge < -0.3 is 19.8 Å². The van der Waals surface area contributed by atoms with Gasteiger partial charge >= 0.3 is 18.1 Å². The summed E-state index contributed by atoms with van der Waals surface area (Å²) in [7, 11) is -2.56. The van der Waals surface area contributed by atoms with Crippen molar-refractivity contribution in [1.82, 2.24) is 4.98 Å². The zero-order valence-corrected chi connectivity index (χ0v) is 20.6. The number of nitrogens with zero attached hydrogens (tertiary/aromatic N) is 2. The van der Waals surface area contributed by atoms with Crippen LogP contribution in [0.4, 0.5) is 24.7 Å². The zero-order valence-electron chi connectivity index (χ0n) is 19.0. The van der Waals surface area contributed by atoms with E-state index in [4.69, 9.17) is 26.2 Å². The molecule has 0 saturated carbocycles. The van der Waals surface area contributed by atoms with Crippen molar-refractivity contribution in [3.63, 3.8) is 0 Å². The number of halogens is 4. The Morgan fingerprint density at radius 3 is 2.25 bits per heavy atom. The lowest BCUT2D eigenvalue weighted by molar-refractivity contribution is -0.192. The van der Waals surface area contributed by atoms with Crippen molar-refractivity contribution < 1.29 is 46.1 Å². The Bertz CT molecular complexity index is 1220.